The summed E-state index contributed by atoms with van der Waals surface area (Å²) in [6.45, 7) is 2.18. The fraction of sp³-hybridized carbons (Fsp3) is 0.190. The summed E-state index contributed by atoms with van der Waals surface area (Å²) in [6, 6.07) is 9.40. The van der Waals surface area contributed by atoms with E-state index in [2.05, 4.69) is 15.0 Å². The molecular formula is C21H17F3N4O2. The van der Waals surface area contributed by atoms with Crippen LogP contribution < -0.4 is 0 Å². The first-order valence-corrected chi connectivity index (χ1v) is 9.05. The maximum Gasteiger partial charge on any atom is 0.416 e. The quantitative estimate of drug-likeness (QED) is 0.520. The topological polar surface area (TPSA) is 75.0 Å². The molecule has 0 aliphatic heterocycles. The molecular weight excluding hydrogens is 397 g/mol. The highest BCUT2D eigenvalue weighted by Crippen LogP contribution is 2.31. The molecule has 2 aromatic carbocycles. The molecule has 0 radical (unpaired) electrons. The van der Waals surface area contributed by atoms with Gasteiger partial charge in [0.2, 0.25) is 5.89 Å². The van der Waals surface area contributed by atoms with Gasteiger partial charge in [0.05, 0.1) is 17.8 Å². The van der Waals surface area contributed by atoms with Crippen LogP contribution in [0.4, 0.5) is 13.2 Å². The average Bonchev–Trinajstić information content (AvgIpc) is 3.32. The number of nitrogens with zero attached hydrogens (tertiary/aromatic N) is 3. The number of hydrogen-bond donors (Lipinski definition) is 1. The van der Waals surface area contributed by atoms with E-state index in [4.69, 9.17) is 4.42 Å². The molecule has 154 valence electrons. The Morgan fingerprint density at radius 2 is 1.87 bits per heavy atom. The number of amides is 1. The molecule has 0 saturated heterocycles. The van der Waals surface area contributed by atoms with Gasteiger partial charge in [0, 0.05) is 24.4 Å². The minimum Gasteiger partial charge on any atom is -0.436 e. The summed E-state index contributed by atoms with van der Waals surface area (Å²) in [6.07, 6.45) is -2.65. The Morgan fingerprint density at radius 3 is 2.50 bits per heavy atom. The van der Waals surface area contributed by atoms with Gasteiger partial charge in [-0.3, -0.25) is 4.79 Å². The number of imidazole rings is 1. The molecule has 0 bridgehead atoms. The molecule has 4 aromatic rings. The number of oxazole rings is 1. The number of benzene rings is 2. The van der Waals surface area contributed by atoms with E-state index in [1.165, 1.54) is 17.0 Å². The van der Waals surface area contributed by atoms with Crippen molar-refractivity contribution in [2.75, 3.05) is 7.05 Å². The summed E-state index contributed by atoms with van der Waals surface area (Å²) in [4.78, 5) is 25.9. The molecule has 0 fully saturated rings. The number of alkyl halides is 3. The summed E-state index contributed by atoms with van der Waals surface area (Å²) < 4.78 is 43.8. The molecule has 0 unspecified atom stereocenters. The van der Waals surface area contributed by atoms with Crippen LogP contribution in [0.25, 0.3) is 22.6 Å². The zero-order valence-corrected chi connectivity index (χ0v) is 16.1. The Kier molecular flexibility index (Phi) is 4.81. The third-order valence-corrected chi connectivity index (χ3v) is 4.59. The van der Waals surface area contributed by atoms with Crippen LogP contribution in [-0.4, -0.2) is 32.8 Å². The molecule has 0 atom stereocenters. The average molecular weight is 414 g/mol. The molecule has 2 heterocycles. The Morgan fingerprint density at radius 1 is 1.13 bits per heavy atom. The van der Waals surface area contributed by atoms with E-state index >= 15 is 0 Å². The van der Waals surface area contributed by atoms with Gasteiger partial charge in [0.25, 0.3) is 5.91 Å². The van der Waals surface area contributed by atoms with Gasteiger partial charge >= 0.3 is 6.18 Å². The molecule has 0 spiro atoms. The fourth-order valence-electron chi connectivity index (χ4n) is 3.05. The van der Waals surface area contributed by atoms with Gasteiger partial charge in [-0.15, -0.1) is 0 Å². The second-order valence-electron chi connectivity index (χ2n) is 6.93. The van der Waals surface area contributed by atoms with E-state index in [0.717, 1.165) is 17.8 Å². The Balaban J connectivity index is 1.57. The zero-order valence-electron chi connectivity index (χ0n) is 16.1. The van der Waals surface area contributed by atoms with Gasteiger partial charge in [-0.1, -0.05) is 0 Å². The van der Waals surface area contributed by atoms with E-state index in [9.17, 15) is 18.0 Å². The van der Waals surface area contributed by atoms with Gasteiger partial charge in [-0.2, -0.15) is 13.2 Å². The van der Waals surface area contributed by atoms with E-state index in [1.54, 1.807) is 31.4 Å². The molecule has 0 aliphatic carbocycles. The Hall–Kier alpha value is -3.62. The van der Waals surface area contributed by atoms with Crippen molar-refractivity contribution in [3.63, 3.8) is 0 Å². The van der Waals surface area contributed by atoms with E-state index in [-0.39, 0.29) is 11.8 Å². The van der Waals surface area contributed by atoms with Crippen molar-refractivity contribution in [2.24, 2.45) is 0 Å². The molecule has 1 N–H and O–H groups in total. The number of halogens is 3. The number of rotatable bonds is 4. The molecule has 1 amide bonds. The number of fused-ring (bicyclic) bond motifs is 1. The number of carbonyl (C=O) groups excluding carboxylic acids is 1. The summed E-state index contributed by atoms with van der Waals surface area (Å²) in [5.74, 6) is 0.642. The first-order valence-electron chi connectivity index (χ1n) is 9.05. The van der Waals surface area contributed by atoms with E-state index in [0.29, 0.717) is 34.6 Å². The molecule has 30 heavy (non-hydrogen) atoms. The predicted octanol–water partition coefficient (Wildman–Crippen LogP) is 4.82. The van der Waals surface area contributed by atoms with Crippen molar-refractivity contribution in [3.05, 3.63) is 71.3 Å². The summed E-state index contributed by atoms with van der Waals surface area (Å²) >= 11 is 0. The number of aryl methyl sites for hydroxylation is 1. The van der Waals surface area contributed by atoms with Crippen LogP contribution in [0.3, 0.4) is 0 Å². The largest absolute Gasteiger partial charge is 0.436 e. The maximum absolute atomic E-state index is 12.7. The van der Waals surface area contributed by atoms with Gasteiger partial charge in [0.15, 0.2) is 5.58 Å². The minimum atomic E-state index is -4.41. The third kappa shape index (κ3) is 3.91. The van der Waals surface area contributed by atoms with Gasteiger partial charge in [0.1, 0.15) is 11.3 Å². The maximum atomic E-state index is 12.7. The number of carbonyl (C=O) groups is 1. The summed E-state index contributed by atoms with van der Waals surface area (Å²) in [5.41, 5.74) is 1.80. The van der Waals surface area contributed by atoms with Crippen molar-refractivity contribution >= 4 is 17.0 Å². The fourth-order valence-corrected chi connectivity index (χ4v) is 3.05. The lowest BCUT2D eigenvalue weighted by molar-refractivity contribution is -0.137. The Labute approximate surface area is 169 Å². The molecule has 2 aromatic heterocycles. The lowest BCUT2D eigenvalue weighted by Crippen LogP contribution is -2.26. The minimum absolute atomic E-state index is 0.183. The number of H-pyrrole nitrogens is 1. The highest BCUT2D eigenvalue weighted by Gasteiger charge is 2.30. The second-order valence-corrected chi connectivity index (χ2v) is 6.93. The van der Waals surface area contributed by atoms with Gasteiger partial charge in [-0.25, -0.2) is 9.97 Å². The van der Waals surface area contributed by atoms with Crippen molar-refractivity contribution in [1.29, 1.82) is 0 Å². The van der Waals surface area contributed by atoms with Crippen molar-refractivity contribution in [3.8, 4) is 11.5 Å². The van der Waals surface area contributed by atoms with Crippen LogP contribution in [0.5, 0.6) is 0 Å². The van der Waals surface area contributed by atoms with Crippen molar-refractivity contribution < 1.29 is 22.4 Å². The molecule has 9 heteroatoms. The highest BCUT2D eigenvalue weighted by atomic mass is 19.4. The number of aromatic amines is 1. The first-order chi connectivity index (χ1) is 14.2. The van der Waals surface area contributed by atoms with Crippen LogP contribution in [0.2, 0.25) is 0 Å². The normalized spacial score (nSPS) is 11.8. The number of aromatic nitrogens is 3. The summed E-state index contributed by atoms with van der Waals surface area (Å²) in [5, 5.41) is 0. The van der Waals surface area contributed by atoms with Crippen molar-refractivity contribution in [2.45, 2.75) is 19.6 Å². The first kappa shape index (κ1) is 19.7. The molecule has 0 saturated carbocycles. The summed E-state index contributed by atoms with van der Waals surface area (Å²) in [7, 11) is 1.67. The Bertz CT molecular complexity index is 1210. The number of hydrogen-bond acceptors (Lipinski definition) is 4. The molecule has 4 rings (SSSR count). The van der Waals surface area contributed by atoms with Crippen LogP contribution in [-0.2, 0) is 12.7 Å². The van der Waals surface area contributed by atoms with Crippen LogP contribution >= 0.6 is 0 Å². The standard InChI is InChI=1S/C21H17F3N4O2/c1-12-10-25-18(26-12)11-28(2)20(29)14-5-8-17-16(9-14)27-19(30-17)13-3-6-15(7-4-13)21(22,23)24/h3-10H,11H2,1-2H3,(H,25,26). The van der Waals surface area contributed by atoms with Crippen LogP contribution in [0.1, 0.15) is 27.4 Å². The van der Waals surface area contributed by atoms with E-state index in [1.807, 2.05) is 6.92 Å². The monoisotopic (exact) mass is 414 g/mol. The second kappa shape index (κ2) is 7.33. The lowest BCUT2D eigenvalue weighted by atomic mass is 10.1. The molecule has 0 aliphatic rings. The number of nitrogens with one attached hydrogen (secondary N) is 1. The predicted molar refractivity (Wildman–Crippen MR) is 104 cm³/mol. The highest BCUT2D eigenvalue weighted by molar-refractivity contribution is 5.97. The van der Waals surface area contributed by atoms with Crippen LogP contribution in [0.15, 0.2) is 53.1 Å². The van der Waals surface area contributed by atoms with E-state index < -0.39 is 11.7 Å². The zero-order chi connectivity index (χ0) is 21.5. The smallest absolute Gasteiger partial charge is 0.416 e. The van der Waals surface area contributed by atoms with Crippen LogP contribution in [0, 0.1) is 6.92 Å². The van der Waals surface area contributed by atoms with Crippen molar-refractivity contribution in [1.82, 2.24) is 19.9 Å². The lowest BCUT2D eigenvalue weighted by Gasteiger charge is -2.15. The van der Waals surface area contributed by atoms with Gasteiger partial charge < -0.3 is 14.3 Å². The van der Waals surface area contributed by atoms with Gasteiger partial charge in [-0.05, 0) is 49.4 Å². The SMILES string of the molecule is Cc1c[nH]c(CN(C)C(=O)c2ccc3oc(-c4ccc(C(F)(F)F)cc4)nc3c2)n1. The third-order valence-electron chi connectivity index (χ3n) is 4.59. The molecule has 6 nitrogen and oxygen atoms in total.